The first-order valence-corrected chi connectivity index (χ1v) is 13.4. The highest BCUT2D eigenvalue weighted by atomic mass is 16.7. The number of likely N-dealkylation sites (tertiary alicyclic amines) is 1. The van der Waals surface area contributed by atoms with Crippen LogP contribution in [0.25, 0.3) is 0 Å². The molecule has 2 aromatic rings. The predicted molar refractivity (Wildman–Crippen MR) is 140 cm³/mol. The molecule has 1 amide bonds. The maximum Gasteiger partial charge on any atom is 0.231 e. The van der Waals surface area contributed by atoms with Gasteiger partial charge in [-0.1, -0.05) is 0 Å². The van der Waals surface area contributed by atoms with Crippen LogP contribution < -0.4 is 23.7 Å². The normalized spacial score (nSPS) is 19.4. The van der Waals surface area contributed by atoms with E-state index >= 15 is 0 Å². The van der Waals surface area contributed by atoms with Crippen LogP contribution in [0.1, 0.15) is 36.8 Å². The Morgan fingerprint density at radius 1 is 0.919 bits per heavy atom. The fourth-order valence-corrected chi connectivity index (χ4v) is 5.59. The van der Waals surface area contributed by atoms with Crippen LogP contribution >= 0.6 is 0 Å². The first kappa shape index (κ1) is 25.5. The average molecular weight is 511 g/mol. The van der Waals surface area contributed by atoms with Gasteiger partial charge in [-0.3, -0.25) is 4.79 Å². The highest BCUT2D eigenvalue weighted by Gasteiger charge is 2.26. The Bertz CT molecular complexity index is 1070. The van der Waals surface area contributed by atoms with E-state index in [-0.39, 0.29) is 12.7 Å². The third kappa shape index (κ3) is 6.42. The van der Waals surface area contributed by atoms with Crippen molar-refractivity contribution in [2.75, 3.05) is 60.3 Å². The van der Waals surface area contributed by atoms with Crippen LogP contribution in [-0.2, 0) is 17.6 Å². The molecule has 1 atom stereocenters. The topological polar surface area (TPSA) is 69.7 Å². The number of ether oxygens (including phenoxy) is 5. The molecular formula is C29H38N2O6. The Hall–Kier alpha value is -3.13. The number of carbonyl (C=O) groups excluding carboxylic acids is 1. The van der Waals surface area contributed by atoms with Crippen LogP contribution in [0.15, 0.2) is 30.3 Å². The molecule has 1 saturated heterocycles. The number of fused-ring (bicyclic) bond motifs is 2. The van der Waals surface area contributed by atoms with E-state index < -0.39 is 0 Å². The van der Waals surface area contributed by atoms with E-state index in [1.807, 2.05) is 24.3 Å². The summed E-state index contributed by atoms with van der Waals surface area (Å²) < 4.78 is 27.6. The van der Waals surface area contributed by atoms with Gasteiger partial charge in [0.25, 0.3) is 0 Å². The van der Waals surface area contributed by atoms with Crippen LogP contribution in [0.3, 0.4) is 0 Å². The maximum atomic E-state index is 13.0. The molecule has 0 saturated carbocycles. The van der Waals surface area contributed by atoms with E-state index in [4.69, 9.17) is 23.7 Å². The van der Waals surface area contributed by atoms with Crippen molar-refractivity contribution in [2.24, 2.45) is 5.92 Å². The summed E-state index contributed by atoms with van der Waals surface area (Å²) in [6.45, 7) is 5.77. The molecule has 3 aliphatic heterocycles. The number of benzene rings is 2. The second-order valence-corrected chi connectivity index (χ2v) is 10.1. The van der Waals surface area contributed by atoms with Crippen LogP contribution in [0.5, 0.6) is 28.7 Å². The van der Waals surface area contributed by atoms with Crippen molar-refractivity contribution in [1.82, 2.24) is 9.80 Å². The third-order valence-electron chi connectivity index (χ3n) is 7.66. The minimum absolute atomic E-state index is 0.219. The number of piperidine rings is 1. The van der Waals surface area contributed by atoms with Gasteiger partial charge in [-0.15, -0.1) is 0 Å². The molecule has 1 unspecified atom stereocenters. The van der Waals surface area contributed by atoms with E-state index in [1.165, 1.54) is 18.4 Å². The maximum absolute atomic E-state index is 13.0. The van der Waals surface area contributed by atoms with Crippen molar-refractivity contribution >= 4 is 5.91 Å². The number of nitrogens with zero attached hydrogens (tertiary/aromatic N) is 2. The lowest BCUT2D eigenvalue weighted by atomic mass is 9.94. The molecule has 0 bridgehead atoms. The van der Waals surface area contributed by atoms with Crippen molar-refractivity contribution in [3.8, 4) is 28.7 Å². The molecule has 0 aliphatic carbocycles. The van der Waals surface area contributed by atoms with Gasteiger partial charge in [-0.2, -0.15) is 0 Å². The summed E-state index contributed by atoms with van der Waals surface area (Å²) in [7, 11) is 3.28. The summed E-state index contributed by atoms with van der Waals surface area (Å²) in [6.07, 6.45) is 5.79. The van der Waals surface area contributed by atoms with Crippen LogP contribution in [0.4, 0.5) is 0 Å². The summed E-state index contributed by atoms with van der Waals surface area (Å²) in [4.78, 5) is 17.6. The molecule has 0 radical (unpaired) electrons. The molecule has 0 N–H and O–H groups in total. The molecule has 200 valence electrons. The van der Waals surface area contributed by atoms with Crippen molar-refractivity contribution in [2.45, 2.75) is 38.5 Å². The van der Waals surface area contributed by atoms with Gasteiger partial charge < -0.3 is 33.5 Å². The SMILES string of the molecule is COc1cc(OC)cc(OCCCN2CCCC(CCN3CCc4cc5c(cc4CC3=O)OCO5)C2)c1. The van der Waals surface area contributed by atoms with E-state index in [0.29, 0.717) is 18.9 Å². The largest absolute Gasteiger partial charge is 0.496 e. The van der Waals surface area contributed by atoms with E-state index in [0.717, 1.165) is 86.3 Å². The number of rotatable bonds is 10. The van der Waals surface area contributed by atoms with Crippen molar-refractivity contribution in [1.29, 1.82) is 0 Å². The fourth-order valence-electron chi connectivity index (χ4n) is 5.59. The lowest BCUT2D eigenvalue weighted by Crippen LogP contribution is -2.39. The zero-order valence-corrected chi connectivity index (χ0v) is 22.0. The monoisotopic (exact) mass is 510 g/mol. The quantitative estimate of drug-likeness (QED) is 0.449. The van der Waals surface area contributed by atoms with Gasteiger partial charge in [0.1, 0.15) is 17.2 Å². The van der Waals surface area contributed by atoms with Crippen LogP contribution in [-0.4, -0.2) is 76.1 Å². The minimum atomic E-state index is 0.219. The van der Waals surface area contributed by atoms with Gasteiger partial charge in [-0.25, -0.2) is 0 Å². The summed E-state index contributed by atoms with van der Waals surface area (Å²) >= 11 is 0. The molecule has 37 heavy (non-hydrogen) atoms. The van der Waals surface area contributed by atoms with E-state index in [2.05, 4.69) is 15.9 Å². The lowest BCUT2D eigenvalue weighted by Gasteiger charge is -2.34. The minimum Gasteiger partial charge on any atom is -0.496 e. The molecule has 5 rings (SSSR count). The summed E-state index contributed by atoms with van der Waals surface area (Å²) in [5.74, 6) is 4.63. The number of carbonyl (C=O) groups is 1. The third-order valence-corrected chi connectivity index (χ3v) is 7.66. The van der Waals surface area contributed by atoms with E-state index in [1.54, 1.807) is 14.2 Å². The Balaban J connectivity index is 1.05. The van der Waals surface area contributed by atoms with Gasteiger partial charge in [-0.05, 0) is 67.8 Å². The Labute approximate surface area is 219 Å². The predicted octanol–water partition coefficient (Wildman–Crippen LogP) is 3.93. The zero-order valence-electron chi connectivity index (χ0n) is 22.0. The van der Waals surface area contributed by atoms with Gasteiger partial charge in [0.05, 0.1) is 27.2 Å². The summed E-state index contributed by atoms with van der Waals surface area (Å²) in [6, 6.07) is 9.66. The molecule has 3 heterocycles. The van der Waals surface area contributed by atoms with Gasteiger partial charge in [0.15, 0.2) is 11.5 Å². The standard InChI is InChI=1S/C29H38N2O6/c1-33-24-16-25(34-2)18-26(17-24)35-12-4-9-30-8-3-5-21(19-30)6-10-31-11-7-22-13-27-28(37-20-36-27)14-23(22)15-29(31)32/h13-14,16-18,21H,3-12,15,19-20H2,1-2H3. The Kier molecular flexibility index (Phi) is 8.24. The van der Waals surface area contributed by atoms with Gasteiger partial charge >= 0.3 is 0 Å². The van der Waals surface area contributed by atoms with Crippen molar-refractivity contribution in [3.63, 3.8) is 0 Å². The highest BCUT2D eigenvalue weighted by Crippen LogP contribution is 2.36. The van der Waals surface area contributed by atoms with Gasteiger partial charge in [0, 0.05) is 44.4 Å². The Morgan fingerprint density at radius 3 is 2.41 bits per heavy atom. The molecule has 0 aromatic heterocycles. The van der Waals surface area contributed by atoms with E-state index in [9.17, 15) is 4.79 Å². The Morgan fingerprint density at radius 2 is 1.65 bits per heavy atom. The van der Waals surface area contributed by atoms with Crippen LogP contribution in [0, 0.1) is 5.92 Å². The molecule has 2 aromatic carbocycles. The first-order valence-electron chi connectivity index (χ1n) is 13.4. The highest BCUT2D eigenvalue weighted by molar-refractivity contribution is 5.80. The molecular weight excluding hydrogens is 472 g/mol. The molecule has 1 fully saturated rings. The molecule has 3 aliphatic rings. The second-order valence-electron chi connectivity index (χ2n) is 10.1. The second kappa shape index (κ2) is 11.9. The van der Waals surface area contributed by atoms with Crippen molar-refractivity contribution in [3.05, 3.63) is 41.5 Å². The fraction of sp³-hybridized carbons (Fsp3) is 0.552. The zero-order chi connectivity index (χ0) is 25.6. The number of hydrogen-bond donors (Lipinski definition) is 0. The van der Waals surface area contributed by atoms with Crippen molar-refractivity contribution < 1.29 is 28.5 Å². The smallest absolute Gasteiger partial charge is 0.231 e. The molecule has 8 heteroatoms. The average Bonchev–Trinajstić information content (AvgIpc) is 3.31. The number of hydrogen-bond acceptors (Lipinski definition) is 7. The van der Waals surface area contributed by atoms with Gasteiger partial charge in [0.2, 0.25) is 12.7 Å². The number of amides is 1. The summed E-state index contributed by atoms with van der Waals surface area (Å²) in [5.41, 5.74) is 2.29. The van der Waals surface area contributed by atoms with Crippen LogP contribution in [0.2, 0.25) is 0 Å². The summed E-state index contributed by atoms with van der Waals surface area (Å²) in [5, 5.41) is 0. The lowest BCUT2D eigenvalue weighted by molar-refractivity contribution is -0.130. The number of methoxy groups -OCH3 is 2. The molecule has 8 nitrogen and oxygen atoms in total. The first-order chi connectivity index (χ1) is 18.1. The molecule has 0 spiro atoms.